The normalized spacial score (nSPS) is 12.1. The fraction of sp³-hybridized carbons (Fsp3) is 0.161. The lowest BCUT2D eigenvalue weighted by Gasteiger charge is -2.20. The smallest absolute Gasteiger partial charge is 0.139 e. The molecule has 5 rings (SSSR count). The number of fused-ring (bicyclic) bond motifs is 1. The van der Waals surface area contributed by atoms with E-state index in [1.54, 1.807) is 0 Å². The second-order valence-electron chi connectivity index (χ2n) is 8.80. The fourth-order valence-corrected chi connectivity index (χ4v) is 5.32. The number of aryl methyl sites for hydroxylation is 1. The molecule has 0 saturated carbocycles. The number of pyridine rings is 2. The molecule has 0 aliphatic carbocycles. The van der Waals surface area contributed by atoms with Crippen LogP contribution >= 0.6 is 23.2 Å². The zero-order valence-electron chi connectivity index (χ0n) is 19.6. The molecule has 0 fully saturated rings. The Morgan fingerprint density at radius 2 is 1.57 bits per heavy atom. The van der Waals surface area contributed by atoms with Gasteiger partial charge in [-0.05, 0) is 58.9 Å². The Balaban J connectivity index is 1.64. The van der Waals surface area contributed by atoms with Gasteiger partial charge in [0, 0.05) is 29.3 Å². The molecule has 0 bridgehead atoms. The zero-order valence-corrected chi connectivity index (χ0v) is 21.1. The van der Waals surface area contributed by atoms with Crippen molar-refractivity contribution in [1.29, 1.82) is 0 Å². The average Bonchev–Trinajstić information content (AvgIpc) is 2.90. The first-order valence-electron chi connectivity index (χ1n) is 12.0. The van der Waals surface area contributed by atoms with Crippen LogP contribution in [0.4, 0.5) is 0 Å². The summed E-state index contributed by atoms with van der Waals surface area (Å²) in [5, 5.41) is 1.92. The third-order valence-electron chi connectivity index (χ3n) is 6.45. The average molecular weight is 497 g/mol. The van der Waals surface area contributed by atoms with Crippen molar-refractivity contribution < 1.29 is 0 Å². The van der Waals surface area contributed by atoms with E-state index < -0.39 is 0 Å². The van der Waals surface area contributed by atoms with Crippen molar-refractivity contribution in [3.05, 3.63) is 130 Å². The molecule has 0 saturated heterocycles. The Bertz CT molecular complexity index is 1430. The summed E-state index contributed by atoms with van der Waals surface area (Å²) in [5.41, 5.74) is 7.35. The summed E-state index contributed by atoms with van der Waals surface area (Å²) in [4.78, 5) is 9.07. The van der Waals surface area contributed by atoms with E-state index in [1.807, 2.05) is 54.9 Å². The molecular formula is C31H26Cl2N2. The lowest BCUT2D eigenvalue weighted by molar-refractivity contribution is 0.794. The highest BCUT2D eigenvalue weighted by Crippen LogP contribution is 2.40. The van der Waals surface area contributed by atoms with Gasteiger partial charge in [-0.15, -0.1) is 0 Å². The maximum absolute atomic E-state index is 6.98. The molecule has 35 heavy (non-hydrogen) atoms. The van der Waals surface area contributed by atoms with E-state index in [4.69, 9.17) is 23.2 Å². The molecule has 4 heteroatoms. The van der Waals surface area contributed by atoms with Gasteiger partial charge in [0.25, 0.3) is 0 Å². The third kappa shape index (κ3) is 4.96. The first-order valence-corrected chi connectivity index (χ1v) is 12.7. The van der Waals surface area contributed by atoms with Crippen LogP contribution in [0, 0.1) is 0 Å². The van der Waals surface area contributed by atoms with Crippen molar-refractivity contribution >= 4 is 34.1 Å². The maximum atomic E-state index is 6.98. The molecule has 0 aliphatic rings. The van der Waals surface area contributed by atoms with E-state index in [1.165, 1.54) is 24.0 Å². The molecule has 2 aromatic heterocycles. The molecule has 0 N–H and O–H groups in total. The van der Waals surface area contributed by atoms with E-state index in [-0.39, 0.29) is 5.92 Å². The lowest BCUT2D eigenvalue weighted by Crippen LogP contribution is -2.04. The predicted octanol–water partition coefficient (Wildman–Crippen LogP) is 9.13. The Morgan fingerprint density at radius 1 is 0.800 bits per heavy atom. The van der Waals surface area contributed by atoms with Gasteiger partial charge >= 0.3 is 0 Å². The summed E-state index contributed by atoms with van der Waals surface area (Å²) >= 11 is 13.6. The van der Waals surface area contributed by atoms with Crippen molar-refractivity contribution in [2.75, 3.05) is 0 Å². The first kappa shape index (κ1) is 23.5. The Morgan fingerprint density at radius 3 is 2.29 bits per heavy atom. The number of unbranched alkanes of at least 4 members (excludes halogenated alkanes) is 1. The summed E-state index contributed by atoms with van der Waals surface area (Å²) in [7, 11) is 0. The van der Waals surface area contributed by atoms with Crippen LogP contribution in [-0.2, 0) is 6.42 Å². The van der Waals surface area contributed by atoms with Crippen molar-refractivity contribution in [1.82, 2.24) is 9.97 Å². The summed E-state index contributed by atoms with van der Waals surface area (Å²) in [6.07, 6.45) is 7.25. The number of nitrogens with zero attached hydrogens (tertiary/aromatic N) is 2. The summed E-state index contributed by atoms with van der Waals surface area (Å²) in [6.45, 7) is 2.23. The summed E-state index contributed by atoms with van der Waals surface area (Å²) in [6, 6.07) is 29.3. The van der Waals surface area contributed by atoms with Crippen LogP contribution in [-0.4, -0.2) is 9.97 Å². The summed E-state index contributed by atoms with van der Waals surface area (Å²) < 4.78 is 0. The molecule has 1 atom stereocenters. The highest BCUT2D eigenvalue weighted by molar-refractivity contribution is 6.42. The maximum Gasteiger partial charge on any atom is 0.139 e. The van der Waals surface area contributed by atoms with E-state index in [2.05, 4.69) is 59.4 Å². The minimum absolute atomic E-state index is 0.0280. The second kappa shape index (κ2) is 10.6. The number of halogens is 2. The van der Waals surface area contributed by atoms with E-state index >= 15 is 0 Å². The van der Waals surface area contributed by atoms with Gasteiger partial charge in [0.2, 0.25) is 0 Å². The fourth-order valence-electron chi connectivity index (χ4n) is 4.63. The van der Waals surface area contributed by atoms with E-state index in [9.17, 15) is 0 Å². The molecule has 5 aromatic rings. The predicted molar refractivity (Wildman–Crippen MR) is 147 cm³/mol. The molecule has 0 radical (unpaired) electrons. The number of benzene rings is 3. The Kier molecular flexibility index (Phi) is 7.13. The quantitative estimate of drug-likeness (QED) is 0.210. The van der Waals surface area contributed by atoms with Crippen molar-refractivity contribution in [2.45, 2.75) is 32.1 Å². The van der Waals surface area contributed by atoms with Gasteiger partial charge in [-0.25, -0.2) is 4.98 Å². The van der Waals surface area contributed by atoms with Crippen LogP contribution in [0.2, 0.25) is 10.2 Å². The van der Waals surface area contributed by atoms with Crippen LogP contribution in [0.15, 0.2) is 97.3 Å². The van der Waals surface area contributed by atoms with Crippen molar-refractivity contribution in [2.24, 2.45) is 0 Å². The van der Waals surface area contributed by atoms with Crippen LogP contribution in [0.1, 0.15) is 47.9 Å². The number of hydrogen-bond donors (Lipinski definition) is 0. The van der Waals surface area contributed by atoms with Crippen LogP contribution in [0.5, 0.6) is 0 Å². The standard InChI is InChI=1S/C31H26Cl2N2/c1-2-3-8-21-12-14-23(15-13-21)28(25-11-7-18-34-20-25)24-16-17-27-26(19-24)30(32)29(31(33)35-27)22-9-5-4-6-10-22/h4-7,9-20,28H,2-3,8H2,1H3. The third-order valence-corrected chi connectivity index (χ3v) is 7.11. The molecule has 2 heterocycles. The Hall–Kier alpha value is -3.20. The van der Waals surface area contributed by atoms with Crippen molar-refractivity contribution in [3.8, 4) is 11.1 Å². The molecule has 1 unspecified atom stereocenters. The SMILES string of the molecule is CCCCc1ccc(C(c2cccnc2)c2ccc3nc(Cl)c(-c4ccccc4)c(Cl)c3c2)cc1. The van der Waals surface area contributed by atoms with Gasteiger partial charge < -0.3 is 0 Å². The molecule has 174 valence electrons. The Labute approximate surface area is 216 Å². The summed E-state index contributed by atoms with van der Waals surface area (Å²) in [5.74, 6) is 0.0280. The van der Waals surface area contributed by atoms with Crippen LogP contribution in [0.3, 0.4) is 0 Å². The molecular weight excluding hydrogens is 471 g/mol. The largest absolute Gasteiger partial charge is 0.264 e. The molecule has 0 spiro atoms. The zero-order chi connectivity index (χ0) is 24.2. The van der Waals surface area contributed by atoms with Crippen LogP contribution in [0.25, 0.3) is 22.0 Å². The number of aromatic nitrogens is 2. The van der Waals surface area contributed by atoms with Gasteiger partial charge in [0.1, 0.15) is 5.15 Å². The minimum atomic E-state index is 0.0280. The topological polar surface area (TPSA) is 25.8 Å². The van der Waals surface area contributed by atoms with Gasteiger partial charge in [-0.1, -0.05) is 103 Å². The van der Waals surface area contributed by atoms with E-state index in [0.717, 1.165) is 39.6 Å². The molecule has 3 aromatic carbocycles. The monoisotopic (exact) mass is 496 g/mol. The minimum Gasteiger partial charge on any atom is -0.264 e. The molecule has 0 aliphatic heterocycles. The molecule has 0 amide bonds. The van der Waals surface area contributed by atoms with Crippen molar-refractivity contribution in [3.63, 3.8) is 0 Å². The van der Waals surface area contributed by atoms with Gasteiger partial charge in [-0.3, -0.25) is 4.98 Å². The highest BCUT2D eigenvalue weighted by Gasteiger charge is 2.20. The number of rotatable bonds is 7. The molecule has 2 nitrogen and oxygen atoms in total. The lowest BCUT2D eigenvalue weighted by atomic mass is 9.85. The first-order chi connectivity index (χ1) is 17.2. The highest BCUT2D eigenvalue weighted by atomic mass is 35.5. The number of hydrogen-bond acceptors (Lipinski definition) is 2. The van der Waals surface area contributed by atoms with Gasteiger partial charge in [0.15, 0.2) is 0 Å². The second-order valence-corrected chi connectivity index (χ2v) is 9.53. The van der Waals surface area contributed by atoms with Gasteiger partial charge in [0.05, 0.1) is 10.5 Å². The van der Waals surface area contributed by atoms with Gasteiger partial charge in [-0.2, -0.15) is 0 Å². The van der Waals surface area contributed by atoms with E-state index in [0.29, 0.717) is 10.2 Å². The van der Waals surface area contributed by atoms with Crippen LogP contribution < -0.4 is 0 Å².